The molecule has 0 aliphatic rings. The van der Waals surface area contributed by atoms with Gasteiger partial charge in [0.15, 0.2) is 0 Å². The predicted molar refractivity (Wildman–Crippen MR) is 70.8 cm³/mol. The van der Waals surface area contributed by atoms with E-state index in [4.69, 9.17) is 11.5 Å². The van der Waals surface area contributed by atoms with E-state index in [1.165, 1.54) is 6.20 Å². The van der Waals surface area contributed by atoms with Crippen molar-refractivity contribution in [3.8, 4) is 0 Å². The zero-order valence-corrected chi connectivity index (χ0v) is 10.0. The van der Waals surface area contributed by atoms with Gasteiger partial charge in [-0.05, 0) is 42.5 Å². The Morgan fingerprint density at radius 3 is 2.88 bits per heavy atom. The second-order valence-electron chi connectivity index (χ2n) is 4.05. The predicted octanol–water partition coefficient (Wildman–Crippen LogP) is 1.74. The van der Waals surface area contributed by atoms with Crippen LogP contribution in [0.25, 0.3) is 16.6 Å². The number of nitrogens with zero attached hydrogens (tertiary/aromatic N) is 2. The quantitative estimate of drug-likeness (QED) is 0.769. The molecule has 88 valence electrons. The fraction of sp³-hybridized carbons (Fsp3) is 0.154. The third-order valence-corrected chi connectivity index (χ3v) is 2.73. The molecule has 0 amide bonds. The molecule has 0 aliphatic heterocycles. The Labute approximate surface area is 100 Å². The lowest BCUT2D eigenvalue weighted by Crippen LogP contribution is -1.97. The van der Waals surface area contributed by atoms with Crippen LogP contribution in [0, 0.1) is 0 Å². The van der Waals surface area contributed by atoms with Crippen molar-refractivity contribution in [1.29, 1.82) is 0 Å². The van der Waals surface area contributed by atoms with Crippen LogP contribution in [0.15, 0.2) is 42.2 Å². The summed E-state index contributed by atoms with van der Waals surface area (Å²) in [4.78, 5) is 0. The van der Waals surface area contributed by atoms with Gasteiger partial charge in [-0.15, -0.1) is 0 Å². The van der Waals surface area contributed by atoms with Crippen molar-refractivity contribution in [2.45, 2.75) is 6.92 Å². The van der Waals surface area contributed by atoms with Crippen molar-refractivity contribution in [3.63, 3.8) is 0 Å². The first-order valence-electron chi connectivity index (χ1n) is 5.39. The number of aryl methyl sites for hydroxylation is 1. The Balaban J connectivity index is 2.46. The van der Waals surface area contributed by atoms with Crippen LogP contribution in [0.1, 0.15) is 12.5 Å². The Morgan fingerprint density at radius 1 is 1.41 bits per heavy atom. The molecule has 1 heterocycles. The van der Waals surface area contributed by atoms with Crippen LogP contribution < -0.4 is 11.5 Å². The standard InChI is InChI=1S/C13H16N4/c1-9(7-14)5-12(15)10-3-4-13-11(6-10)8-16-17(13)2/h3-8H,14-15H2,1-2H3/b9-7-,12-5-. The SMILES string of the molecule is CC(=C/N)/C=C(\N)c1ccc2c(cnn2C)c1. The minimum absolute atomic E-state index is 0.704. The van der Waals surface area contributed by atoms with Crippen LogP contribution in [0.5, 0.6) is 0 Å². The molecule has 0 atom stereocenters. The first-order chi connectivity index (χ1) is 8.11. The van der Waals surface area contributed by atoms with Crippen molar-refractivity contribution in [1.82, 2.24) is 9.78 Å². The molecule has 1 aromatic carbocycles. The van der Waals surface area contributed by atoms with Crippen LogP contribution in [-0.4, -0.2) is 9.78 Å². The normalized spacial score (nSPS) is 13.3. The van der Waals surface area contributed by atoms with Crippen molar-refractivity contribution < 1.29 is 0 Å². The summed E-state index contributed by atoms with van der Waals surface area (Å²) in [6.07, 6.45) is 5.23. The molecule has 4 N–H and O–H groups in total. The molecule has 2 aromatic rings. The van der Waals surface area contributed by atoms with E-state index in [2.05, 4.69) is 5.10 Å². The van der Waals surface area contributed by atoms with E-state index in [0.717, 1.165) is 22.0 Å². The minimum atomic E-state index is 0.704. The molecule has 0 radical (unpaired) electrons. The number of rotatable bonds is 2. The van der Waals surface area contributed by atoms with Gasteiger partial charge in [0, 0.05) is 18.1 Å². The van der Waals surface area contributed by atoms with Crippen molar-refractivity contribution in [3.05, 3.63) is 47.8 Å². The number of fused-ring (bicyclic) bond motifs is 1. The molecule has 0 spiro atoms. The Morgan fingerprint density at radius 2 is 2.18 bits per heavy atom. The average Bonchev–Trinajstić information content (AvgIpc) is 2.70. The Hall–Kier alpha value is -2.23. The highest BCUT2D eigenvalue weighted by atomic mass is 15.2. The summed E-state index contributed by atoms with van der Waals surface area (Å²) in [7, 11) is 1.92. The molecule has 4 nitrogen and oxygen atoms in total. The lowest BCUT2D eigenvalue weighted by molar-refractivity contribution is 0.797. The molecule has 2 rings (SSSR count). The lowest BCUT2D eigenvalue weighted by atomic mass is 10.1. The molecule has 0 bridgehead atoms. The molecule has 0 unspecified atom stereocenters. The van der Waals surface area contributed by atoms with Crippen LogP contribution in [0.2, 0.25) is 0 Å². The summed E-state index contributed by atoms with van der Waals surface area (Å²) in [5.41, 5.74) is 15.1. The third-order valence-electron chi connectivity index (χ3n) is 2.73. The number of hydrogen-bond donors (Lipinski definition) is 2. The molecule has 0 fully saturated rings. The van der Waals surface area contributed by atoms with Crippen LogP contribution in [0.3, 0.4) is 0 Å². The van der Waals surface area contributed by atoms with E-state index in [1.807, 2.05) is 49.1 Å². The molecule has 1 aromatic heterocycles. The van der Waals surface area contributed by atoms with Gasteiger partial charge < -0.3 is 11.5 Å². The smallest absolute Gasteiger partial charge is 0.0679 e. The third kappa shape index (κ3) is 2.15. The van der Waals surface area contributed by atoms with E-state index in [9.17, 15) is 0 Å². The van der Waals surface area contributed by atoms with Crippen molar-refractivity contribution >= 4 is 16.6 Å². The largest absolute Gasteiger partial charge is 0.404 e. The van der Waals surface area contributed by atoms with Crippen LogP contribution in [-0.2, 0) is 7.05 Å². The van der Waals surface area contributed by atoms with E-state index in [1.54, 1.807) is 0 Å². The number of allylic oxidation sites excluding steroid dienone is 2. The first kappa shape index (κ1) is 11.3. The van der Waals surface area contributed by atoms with E-state index in [0.29, 0.717) is 5.70 Å². The summed E-state index contributed by atoms with van der Waals surface area (Å²) < 4.78 is 1.84. The Bertz CT molecular complexity index is 605. The maximum atomic E-state index is 6.01. The summed E-state index contributed by atoms with van der Waals surface area (Å²) in [6.45, 7) is 1.91. The van der Waals surface area contributed by atoms with Gasteiger partial charge in [0.2, 0.25) is 0 Å². The van der Waals surface area contributed by atoms with Gasteiger partial charge >= 0.3 is 0 Å². The van der Waals surface area contributed by atoms with Gasteiger partial charge in [0.05, 0.1) is 11.7 Å². The topological polar surface area (TPSA) is 69.9 Å². The van der Waals surface area contributed by atoms with Crippen molar-refractivity contribution in [2.75, 3.05) is 0 Å². The van der Waals surface area contributed by atoms with E-state index >= 15 is 0 Å². The Kier molecular flexibility index (Phi) is 2.87. The monoisotopic (exact) mass is 228 g/mol. The maximum Gasteiger partial charge on any atom is 0.0679 e. The number of aromatic nitrogens is 2. The minimum Gasteiger partial charge on any atom is -0.404 e. The van der Waals surface area contributed by atoms with Gasteiger partial charge in [0.25, 0.3) is 0 Å². The zero-order valence-electron chi connectivity index (χ0n) is 10.0. The maximum absolute atomic E-state index is 6.01. The van der Waals surface area contributed by atoms with Gasteiger partial charge in [-0.3, -0.25) is 4.68 Å². The molecular weight excluding hydrogens is 212 g/mol. The van der Waals surface area contributed by atoms with Gasteiger partial charge in [-0.1, -0.05) is 6.07 Å². The van der Waals surface area contributed by atoms with Crippen molar-refractivity contribution in [2.24, 2.45) is 18.5 Å². The highest BCUT2D eigenvalue weighted by Gasteiger charge is 2.02. The molecule has 0 saturated carbocycles. The second-order valence-corrected chi connectivity index (χ2v) is 4.05. The van der Waals surface area contributed by atoms with E-state index < -0.39 is 0 Å². The summed E-state index contributed by atoms with van der Waals surface area (Å²) in [6, 6.07) is 6.03. The average molecular weight is 228 g/mol. The summed E-state index contributed by atoms with van der Waals surface area (Å²) in [5.74, 6) is 0. The van der Waals surface area contributed by atoms with Gasteiger partial charge in [-0.2, -0.15) is 5.10 Å². The lowest BCUT2D eigenvalue weighted by Gasteiger charge is -2.03. The zero-order chi connectivity index (χ0) is 12.4. The molecule has 17 heavy (non-hydrogen) atoms. The molecular formula is C13H16N4. The number of hydrogen-bond acceptors (Lipinski definition) is 3. The highest BCUT2D eigenvalue weighted by Crippen LogP contribution is 2.18. The fourth-order valence-electron chi connectivity index (χ4n) is 1.72. The second kappa shape index (κ2) is 4.33. The van der Waals surface area contributed by atoms with E-state index in [-0.39, 0.29) is 0 Å². The van der Waals surface area contributed by atoms with Gasteiger partial charge in [-0.25, -0.2) is 0 Å². The summed E-state index contributed by atoms with van der Waals surface area (Å²) >= 11 is 0. The number of nitrogens with two attached hydrogens (primary N) is 2. The number of benzene rings is 1. The highest BCUT2D eigenvalue weighted by molar-refractivity contribution is 5.83. The molecule has 0 aliphatic carbocycles. The fourth-order valence-corrected chi connectivity index (χ4v) is 1.72. The summed E-state index contributed by atoms with van der Waals surface area (Å²) in [5, 5.41) is 5.28. The van der Waals surface area contributed by atoms with Gasteiger partial charge in [0.1, 0.15) is 0 Å². The molecule has 4 heteroatoms. The first-order valence-corrected chi connectivity index (χ1v) is 5.39. The van der Waals surface area contributed by atoms with Crippen LogP contribution >= 0.6 is 0 Å². The van der Waals surface area contributed by atoms with Crippen LogP contribution in [0.4, 0.5) is 0 Å². The molecule has 0 saturated heterocycles.